The highest BCUT2D eigenvalue weighted by Gasteiger charge is 2.42. The summed E-state index contributed by atoms with van der Waals surface area (Å²) >= 11 is 0. The van der Waals surface area contributed by atoms with E-state index >= 15 is 0 Å². The molecule has 2 heteroatoms. The molecule has 0 saturated carbocycles. The van der Waals surface area contributed by atoms with Gasteiger partial charge in [-0.3, -0.25) is 4.90 Å². The highest BCUT2D eigenvalue weighted by atomic mass is 15.3. The third-order valence-corrected chi connectivity index (χ3v) is 5.56. The molecule has 1 rings (SSSR count). The monoisotopic (exact) mass is 254 g/mol. The van der Waals surface area contributed by atoms with E-state index in [1.807, 2.05) is 0 Å². The van der Waals surface area contributed by atoms with E-state index in [4.69, 9.17) is 0 Å². The Labute approximate surface area is 115 Å². The summed E-state index contributed by atoms with van der Waals surface area (Å²) in [4.78, 5) is 2.84. The Hall–Kier alpha value is -0.0800. The number of hydrogen-bond acceptors (Lipinski definition) is 2. The molecule has 1 fully saturated rings. The first-order valence-corrected chi connectivity index (χ1v) is 8.02. The van der Waals surface area contributed by atoms with Gasteiger partial charge in [-0.25, -0.2) is 0 Å². The van der Waals surface area contributed by atoms with Crippen molar-refractivity contribution in [2.45, 2.75) is 90.8 Å². The highest BCUT2D eigenvalue weighted by Crippen LogP contribution is 2.34. The van der Waals surface area contributed by atoms with Crippen LogP contribution < -0.4 is 5.32 Å². The van der Waals surface area contributed by atoms with Crippen molar-refractivity contribution < 1.29 is 0 Å². The lowest BCUT2D eigenvalue weighted by Gasteiger charge is -2.54. The average Bonchev–Trinajstić information content (AvgIpc) is 2.42. The Kier molecular flexibility index (Phi) is 5.67. The zero-order chi connectivity index (χ0) is 13.8. The number of nitrogens with one attached hydrogen (secondary N) is 1. The van der Waals surface area contributed by atoms with Crippen molar-refractivity contribution in [3.8, 4) is 0 Å². The summed E-state index contributed by atoms with van der Waals surface area (Å²) < 4.78 is 0. The quantitative estimate of drug-likeness (QED) is 0.775. The van der Waals surface area contributed by atoms with Crippen molar-refractivity contribution in [1.82, 2.24) is 10.2 Å². The van der Waals surface area contributed by atoms with Gasteiger partial charge in [-0.15, -0.1) is 0 Å². The fourth-order valence-electron chi connectivity index (χ4n) is 3.55. The lowest BCUT2D eigenvalue weighted by Crippen LogP contribution is -2.68. The molecule has 1 aliphatic rings. The lowest BCUT2D eigenvalue weighted by atomic mass is 9.81. The average molecular weight is 254 g/mol. The molecule has 0 spiro atoms. The van der Waals surface area contributed by atoms with E-state index in [0.717, 1.165) is 6.54 Å². The minimum atomic E-state index is 0.302. The van der Waals surface area contributed by atoms with Crippen LogP contribution in [0, 0.1) is 0 Å². The predicted octanol–water partition coefficient (Wildman–Crippen LogP) is 3.81. The first kappa shape index (κ1) is 16.0. The summed E-state index contributed by atoms with van der Waals surface area (Å²) in [5, 5.41) is 3.78. The van der Waals surface area contributed by atoms with E-state index in [9.17, 15) is 0 Å². The second-order valence-corrected chi connectivity index (χ2v) is 6.27. The van der Waals surface area contributed by atoms with Gasteiger partial charge in [0, 0.05) is 30.2 Å². The molecule has 1 saturated heterocycles. The van der Waals surface area contributed by atoms with Crippen molar-refractivity contribution >= 4 is 0 Å². The van der Waals surface area contributed by atoms with Crippen molar-refractivity contribution in [2.24, 2.45) is 0 Å². The second-order valence-electron chi connectivity index (χ2n) is 6.27. The van der Waals surface area contributed by atoms with Crippen molar-refractivity contribution in [1.29, 1.82) is 0 Å². The summed E-state index contributed by atoms with van der Waals surface area (Å²) in [5.74, 6) is 0. The van der Waals surface area contributed by atoms with Crippen LogP contribution >= 0.6 is 0 Å². The number of nitrogens with zero attached hydrogens (tertiary/aromatic N) is 1. The van der Waals surface area contributed by atoms with Gasteiger partial charge in [0.15, 0.2) is 0 Å². The fraction of sp³-hybridized carbons (Fsp3) is 1.00. The van der Waals surface area contributed by atoms with Gasteiger partial charge < -0.3 is 5.32 Å². The Morgan fingerprint density at radius 1 is 1.11 bits per heavy atom. The minimum Gasteiger partial charge on any atom is -0.309 e. The zero-order valence-electron chi connectivity index (χ0n) is 13.5. The summed E-state index contributed by atoms with van der Waals surface area (Å²) in [7, 11) is 0. The number of rotatable bonds is 6. The molecule has 0 bridgehead atoms. The van der Waals surface area contributed by atoms with Crippen LogP contribution in [0.5, 0.6) is 0 Å². The lowest BCUT2D eigenvalue weighted by molar-refractivity contribution is -0.0235. The number of hydrogen-bond donors (Lipinski definition) is 1. The van der Waals surface area contributed by atoms with Crippen LogP contribution in [0.1, 0.15) is 73.6 Å². The highest BCUT2D eigenvalue weighted by molar-refractivity contribution is 5.01. The van der Waals surface area contributed by atoms with E-state index in [-0.39, 0.29) is 0 Å². The Balaban J connectivity index is 2.98. The molecule has 108 valence electrons. The van der Waals surface area contributed by atoms with Gasteiger partial charge in [-0.2, -0.15) is 0 Å². The van der Waals surface area contributed by atoms with E-state index in [1.54, 1.807) is 0 Å². The van der Waals surface area contributed by atoms with Crippen LogP contribution in [-0.2, 0) is 0 Å². The van der Waals surface area contributed by atoms with Gasteiger partial charge in [0.2, 0.25) is 0 Å². The van der Waals surface area contributed by atoms with Gasteiger partial charge in [-0.1, -0.05) is 34.6 Å². The van der Waals surface area contributed by atoms with Crippen molar-refractivity contribution in [2.75, 3.05) is 13.1 Å². The maximum absolute atomic E-state index is 3.78. The molecule has 0 amide bonds. The van der Waals surface area contributed by atoms with Gasteiger partial charge in [-0.05, 0) is 39.0 Å². The molecule has 2 nitrogen and oxygen atoms in total. The summed E-state index contributed by atoms with van der Waals surface area (Å²) in [6, 6.07) is 0.712. The van der Waals surface area contributed by atoms with Crippen LogP contribution in [0.15, 0.2) is 0 Å². The van der Waals surface area contributed by atoms with Gasteiger partial charge in [0.05, 0.1) is 0 Å². The second kappa shape index (κ2) is 6.38. The minimum absolute atomic E-state index is 0.302. The predicted molar refractivity (Wildman–Crippen MR) is 81.1 cm³/mol. The van der Waals surface area contributed by atoms with Gasteiger partial charge in [0.25, 0.3) is 0 Å². The van der Waals surface area contributed by atoms with Crippen LogP contribution in [0.3, 0.4) is 0 Å². The molecule has 0 aromatic heterocycles. The van der Waals surface area contributed by atoms with E-state index in [2.05, 4.69) is 51.8 Å². The Morgan fingerprint density at radius 3 is 2.06 bits per heavy atom. The third kappa shape index (κ3) is 2.91. The van der Waals surface area contributed by atoms with Crippen LogP contribution in [0.2, 0.25) is 0 Å². The van der Waals surface area contributed by atoms with Crippen LogP contribution in [-0.4, -0.2) is 35.1 Å². The largest absolute Gasteiger partial charge is 0.309 e. The number of piperazine rings is 1. The molecule has 2 atom stereocenters. The van der Waals surface area contributed by atoms with Crippen molar-refractivity contribution in [3.05, 3.63) is 0 Å². The Morgan fingerprint density at radius 2 is 1.67 bits per heavy atom. The van der Waals surface area contributed by atoms with E-state index < -0.39 is 0 Å². The molecule has 1 N–H and O–H groups in total. The summed E-state index contributed by atoms with van der Waals surface area (Å²) in [5.41, 5.74) is 0.718. The molecule has 18 heavy (non-hydrogen) atoms. The normalized spacial score (nSPS) is 30.7. The molecule has 0 aromatic rings. The maximum Gasteiger partial charge on any atom is 0.0278 e. The molecule has 1 aliphatic heterocycles. The molecule has 2 unspecified atom stereocenters. The van der Waals surface area contributed by atoms with Crippen LogP contribution in [0.4, 0.5) is 0 Å². The smallest absolute Gasteiger partial charge is 0.0278 e. The standard InChI is InChI=1S/C16H34N2/c1-7-14-12-17-15(6,8-2)13-18(14)16(9-3,10-4)11-5/h14,17H,7-13H2,1-6H3. The zero-order valence-corrected chi connectivity index (χ0v) is 13.5. The Bertz CT molecular complexity index is 239. The van der Waals surface area contributed by atoms with Crippen LogP contribution in [0.25, 0.3) is 0 Å². The third-order valence-electron chi connectivity index (χ3n) is 5.56. The molecule has 0 aliphatic carbocycles. The molecule has 0 radical (unpaired) electrons. The maximum atomic E-state index is 3.78. The van der Waals surface area contributed by atoms with Gasteiger partial charge in [0.1, 0.15) is 0 Å². The molecule has 0 aromatic carbocycles. The molecule has 1 heterocycles. The SMILES string of the molecule is CCC1CNC(C)(CC)CN1C(CC)(CC)CC. The first-order chi connectivity index (χ1) is 8.50. The summed E-state index contributed by atoms with van der Waals surface area (Å²) in [6.07, 6.45) is 6.30. The van der Waals surface area contributed by atoms with Crippen molar-refractivity contribution in [3.63, 3.8) is 0 Å². The fourth-order valence-corrected chi connectivity index (χ4v) is 3.55. The molecular formula is C16H34N2. The van der Waals surface area contributed by atoms with E-state index in [0.29, 0.717) is 17.1 Å². The molecular weight excluding hydrogens is 220 g/mol. The summed E-state index contributed by atoms with van der Waals surface area (Å²) in [6.45, 7) is 16.5. The van der Waals surface area contributed by atoms with E-state index in [1.165, 1.54) is 38.6 Å². The first-order valence-electron chi connectivity index (χ1n) is 8.02. The van der Waals surface area contributed by atoms with Gasteiger partial charge >= 0.3 is 0 Å². The topological polar surface area (TPSA) is 15.3 Å².